The number of nitrogen functional groups attached to an aromatic ring is 1. The Bertz CT molecular complexity index is 1330. The number of ether oxygens (including phenoxy) is 2. The molecule has 0 spiro atoms. The molecule has 35 heavy (non-hydrogen) atoms. The Labute approximate surface area is 207 Å². The summed E-state index contributed by atoms with van der Waals surface area (Å²) in [5.74, 6) is 0.265. The molecule has 1 amide bonds. The largest absolute Gasteiger partial charge is 0.492 e. The predicted octanol–water partition coefficient (Wildman–Crippen LogP) is 2.09. The van der Waals surface area contributed by atoms with Crippen LogP contribution in [0.15, 0.2) is 41.3 Å². The maximum absolute atomic E-state index is 13.1. The smallest absolute Gasteiger partial charge is 0.274 e. The van der Waals surface area contributed by atoms with Crippen molar-refractivity contribution >= 4 is 34.0 Å². The van der Waals surface area contributed by atoms with Crippen molar-refractivity contribution in [2.45, 2.75) is 31.5 Å². The fourth-order valence-corrected chi connectivity index (χ4v) is 5.12. The van der Waals surface area contributed by atoms with Gasteiger partial charge in [0.05, 0.1) is 53.2 Å². The van der Waals surface area contributed by atoms with E-state index in [4.69, 9.17) is 26.8 Å². The third kappa shape index (κ3) is 4.59. The van der Waals surface area contributed by atoms with Crippen LogP contribution in [0.3, 0.4) is 0 Å². The second-order valence-electron chi connectivity index (χ2n) is 8.93. The van der Waals surface area contributed by atoms with Crippen molar-refractivity contribution in [3.63, 3.8) is 0 Å². The van der Waals surface area contributed by atoms with E-state index in [1.807, 2.05) is 24.3 Å². The Balaban J connectivity index is 1.23. The van der Waals surface area contributed by atoms with E-state index in [9.17, 15) is 9.59 Å². The van der Waals surface area contributed by atoms with Gasteiger partial charge in [-0.3, -0.25) is 14.5 Å². The highest BCUT2D eigenvalue weighted by atomic mass is 35.5. The summed E-state index contributed by atoms with van der Waals surface area (Å²) < 4.78 is 12.9. The summed E-state index contributed by atoms with van der Waals surface area (Å²) in [5.41, 5.74) is 7.63. The number of nitrogens with one attached hydrogen (secondary N) is 1. The van der Waals surface area contributed by atoms with Crippen LogP contribution in [0.1, 0.15) is 22.3 Å². The highest BCUT2D eigenvalue weighted by Gasteiger charge is 2.32. The Kier molecular flexibility index (Phi) is 6.64. The van der Waals surface area contributed by atoms with Crippen molar-refractivity contribution in [2.24, 2.45) is 0 Å². The number of rotatable bonds is 6. The minimum absolute atomic E-state index is 0.0922. The molecule has 9 nitrogen and oxygen atoms in total. The van der Waals surface area contributed by atoms with Crippen molar-refractivity contribution in [2.75, 3.05) is 39.1 Å². The molecular formula is C25H28ClN5O4. The van der Waals surface area contributed by atoms with E-state index in [-0.39, 0.29) is 23.6 Å². The van der Waals surface area contributed by atoms with Crippen LogP contribution >= 0.6 is 11.6 Å². The number of aromatic nitrogens is 2. The molecule has 2 aliphatic heterocycles. The second kappa shape index (κ2) is 9.85. The highest BCUT2D eigenvalue weighted by molar-refractivity contribution is 6.33. The fourth-order valence-electron chi connectivity index (χ4n) is 4.89. The number of amides is 1. The molecule has 1 saturated heterocycles. The van der Waals surface area contributed by atoms with Crippen molar-refractivity contribution < 1.29 is 14.3 Å². The third-order valence-electron chi connectivity index (χ3n) is 6.87. The van der Waals surface area contributed by atoms with Crippen LogP contribution in [-0.2, 0) is 17.7 Å². The predicted molar refractivity (Wildman–Crippen MR) is 134 cm³/mol. The molecular weight excluding hydrogens is 470 g/mol. The first-order valence-corrected chi connectivity index (χ1v) is 12.1. The Morgan fingerprint density at radius 3 is 3.00 bits per heavy atom. The Morgan fingerprint density at radius 2 is 2.17 bits per heavy atom. The fraction of sp³-hybridized carbons (Fsp3) is 0.400. The molecule has 1 aromatic heterocycles. The van der Waals surface area contributed by atoms with Crippen LogP contribution in [0, 0.1) is 0 Å². The number of nitrogens with zero attached hydrogens (tertiary/aromatic N) is 3. The summed E-state index contributed by atoms with van der Waals surface area (Å²) in [6, 6.07) is 8.86. The van der Waals surface area contributed by atoms with Crippen molar-refractivity contribution in [1.82, 2.24) is 20.0 Å². The number of fused-ring (bicyclic) bond motifs is 2. The van der Waals surface area contributed by atoms with Gasteiger partial charge in [0.1, 0.15) is 5.75 Å². The molecule has 1 fully saturated rings. The Hall–Kier alpha value is -3.14. The third-order valence-corrected chi connectivity index (χ3v) is 7.18. The summed E-state index contributed by atoms with van der Waals surface area (Å²) in [4.78, 5) is 28.1. The van der Waals surface area contributed by atoms with Crippen LogP contribution in [0.2, 0.25) is 5.02 Å². The molecule has 2 aromatic carbocycles. The minimum atomic E-state index is -0.252. The number of hydrogen-bond donors (Lipinski definition) is 2. The van der Waals surface area contributed by atoms with Crippen LogP contribution in [0.4, 0.5) is 5.69 Å². The lowest BCUT2D eigenvalue weighted by molar-refractivity contribution is 0.00518. The molecule has 5 rings (SSSR count). The van der Waals surface area contributed by atoms with E-state index in [1.54, 1.807) is 19.4 Å². The standard InChI is InChI=1S/C25H28ClN5O4/c1-34-21-14-30(9-10-31-25(33)16-5-3-2-4-15(16)13-28-31)8-6-20(21)29-24(32)18-12-19(26)22(27)17-7-11-35-23(17)18/h2-5,12-13,20-21H,6-11,14,27H2,1H3,(H,29,32)/t20-,21+/m1/s1. The van der Waals surface area contributed by atoms with Crippen LogP contribution in [-0.4, -0.2) is 66.1 Å². The van der Waals surface area contributed by atoms with Crippen molar-refractivity contribution in [3.05, 3.63) is 63.0 Å². The number of benzene rings is 2. The molecule has 0 saturated carbocycles. The molecule has 0 unspecified atom stereocenters. The molecule has 3 aromatic rings. The Morgan fingerprint density at radius 1 is 1.34 bits per heavy atom. The molecule has 0 radical (unpaired) electrons. The van der Waals surface area contributed by atoms with E-state index in [1.165, 1.54) is 4.68 Å². The number of likely N-dealkylation sites (tertiary alicyclic amines) is 1. The van der Waals surface area contributed by atoms with Gasteiger partial charge in [-0.1, -0.05) is 29.8 Å². The van der Waals surface area contributed by atoms with Gasteiger partial charge in [0, 0.05) is 44.1 Å². The SMILES string of the molecule is CO[C@H]1CN(CCn2ncc3ccccc3c2=O)CC[C@H]1NC(=O)c1cc(Cl)c(N)c2c1OCC2. The summed E-state index contributed by atoms with van der Waals surface area (Å²) in [5, 5.41) is 9.27. The highest BCUT2D eigenvalue weighted by Crippen LogP contribution is 2.38. The number of carbonyl (C=O) groups is 1. The van der Waals surface area contributed by atoms with E-state index in [0.717, 1.165) is 17.5 Å². The number of halogens is 1. The summed E-state index contributed by atoms with van der Waals surface area (Å²) >= 11 is 6.27. The van der Waals surface area contributed by atoms with Gasteiger partial charge in [-0.15, -0.1) is 0 Å². The van der Waals surface area contributed by atoms with Gasteiger partial charge in [-0.25, -0.2) is 4.68 Å². The number of piperidine rings is 1. The number of anilines is 1. The van der Waals surface area contributed by atoms with Crippen molar-refractivity contribution in [1.29, 1.82) is 0 Å². The second-order valence-corrected chi connectivity index (χ2v) is 9.34. The first-order chi connectivity index (χ1) is 17.0. The maximum atomic E-state index is 13.1. The average molecular weight is 498 g/mol. The van der Waals surface area contributed by atoms with Gasteiger partial charge in [0.15, 0.2) is 0 Å². The summed E-state index contributed by atoms with van der Waals surface area (Å²) in [7, 11) is 1.64. The number of hydrogen-bond acceptors (Lipinski definition) is 7. The van der Waals surface area contributed by atoms with Crippen LogP contribution in [0.25, 0.3) is 10.8 Å². The van der Waals surface area contributed by atoms with Gasteiger partial charge in [0.25, 0.3) is 11.5 Å². The molecule has 184 valence electrons. The summed E-state index contributed by atoms with van der Waals surface area (Å²) in [6.07, 6.45) is 2.86. The summed E-state index contributed by atoms with van der Waals surface area (Å²) in [6.45, 7) is 2.99. The number of carbonyl (C=O) groups excluding carboxylic acids is 1. The molecule has 0 aliphatic carbocycles. The topological polar surface area (TPSA) is 112 Å². The van der Waals surface area contributed by atoms with Crippen LogP contribution < -0.4 is 21.3 Å². The van der Waals surface area contributed by atoms with Crippen molar-refractivity contribution in [3.8, 4) is 5.75 Å². The van der Waals surface area contributed by atoms with Gasteiger partial charge >= 0.3 is 0 Å². The molecule has 3 N–H and O–H groups in total. The lowest BCUT2D eigenvalue weighted by Gasteiger charge is -2.38. The van der Waals surface area contributed by atoms with E-state index < -0.39 is 0 Å². The minimum Gasteiger partial charge on any atom is -0.492 e. The van der Waals surface area contributed by atoms with E-state index in [0.29, 0.717) is 66.5 Å². The lowest BCUT2D eigenvalue weighted by Crippen LogP contribution is -2.55. The molecule has 3 heterocycles. The van der Waals surface area contributed by atoms with Gasteiger partial charge in [0.2, 0.25) is 0 Å². The number of methoxy groups -OCH3 is 1. The zero-order chi connectivity index (χ0) is 24.5. The van der Waals surface area contributed by atoms with Crippen LogP contribution in [0.5, 0.6) is 5.75 Å². The van der Waals surface area contributed by atoms with Gasteiger partial charge in [-0.2, -0.15) is 5.10 Å². The number of nitrogens with two attached hydrogens (primary N) is 1. The van der Waals surface area contributed by atoms with Gasteiger partial charge < -0.3 is 20.5 Å². The first kappa shape index (κ1) is 23.6. The normalized spacial score (nSPS) is 19.9. The quantitative estimate of drug-likeness (QED) is 0.501. The molecule has 2 atom stereocenters. The average Bonchev–Trinajstić information content (AvgIpc) is 3.37. The maximum Gasteiger partial charge on any atom is 0.274 e. The van der Waals surface area contributed by atoms with E-state index >= 15 is 0 Å². The van der Waals surface area contributed by atoms with E-state index in [2.05, 4.69) is 15.3 Å². The van der Waals surface area contributed by atoms with Gasteiger partial charge in [-0.05, 0) is 18.6 Å². The zero-order valence-corrected chi connectivity index (χ0v) is 20.3. The molecule has 10 heteroatoms. The lowest BCUT2D eigenvalue weighted by atomic mass is 10.00. The molecule has 0 bridgehead atoms. The monoisotopic (exact) mass is 497 g/mol. The molecule has 2 aliphatic rings. The first-order valence-electron chi connectivity index (χ1n) is 11.7. The zero-order valence-electron chi connectivity index (χ0n) is 19.5.